The van der Waals surface area contributed by atoms with Crippen molar-refractivity contribution in [2.45, 2.75) is 12.3 Å². The van der Waals surface area contributed by atoms with Crippen molar-refractivity contribution < 1.29 is 4.74 Å². The van der Waals surface area contributed by atoms with Crippen LogP contribution in [0.1, 0.15) is 10.4 Å². The van der Waals surface area contributed by atoms with Crippen molar-refractivity contribution in [2.24, 2.45) is 0 Å². The zero-order valence-electron chi connectivity index (χ0n) is 8.73. The lowest BCUT2D eigenvalue weighted by Crippen LogP contribution is -2.01. The summed E-state index contributed by atoms with van der Waals surface area (Å²) in [6.07, 6.45) is 2.64. The van der Waals surface area contributed by atoms with E-state index in [1.165, 1.54) is 4.88 Å². The van der Waals surface area contributed by atoms with E-state index in [2.05, 4.69) is 16.4 Å². The summed E-state index contributed by atoms with van der Waals surface area (Å²) < 4.78 is 5.56. The fraction of sp³-hybridized carbons (Fsp3) is 0.250. The van der Waals surface area contributed by atoms with E-state index in [4.69, 9.17) is 16.3 Å². The number of pyridine rings is 1. The van der Waals surface area contributed by atoms with Gasteiger partial charge in [-0.25, -0.2) is 4.98 Å². The fourth-order valence-corrected chi connectivity index (χ4v) is 2.18. The molecule has 0 aromatic carbocycles. The van der Waals surface area contributed by atoms with Gasteiger partial charge in [-0.15, -0.1) is 22.9 Å². The topological polar surface area (TPSA) is 22.1 Å². The summed E-state index contributed by atoms with van der Waals surface area (Å²) in [7, 11) is 0. The van der Waals surface area contributed by atoms with Gasteiger partial charge in [-0.3, -0.25) is 0 Å². The van der Waals surface area contributed by atoms with Gasteiger partial charge in [0.05, 0.1) is 6.61 Å². The average molecular weight is 254 g/mol. The van der Waals surface area contributed by atoms with Crippen LogP contribution in [0.15, 0.2) is 35.8 Å². The summed E-state index contributed by atoms with van der Waals surface area (Å²) in [5.74, 6) is 1.14. The summed E-state index contributed by atoms with van der Waals surface area (Å²) in [4.78, 5) is 5.46. The van der Waals surface area contributed by atoms with Crippen LogP contribution in [-0.4, -0.2) is 11.6 Å². The highest BCUT2D eigenvalue weighted by atomic mass is 35.5. The summed E-state index contributed by atoms with van der Waals surface area (Å²) in [6, 6.07) is 7.92. The largest absolute Gasteiger partial charge is 0.477 e. The Morgan fingerprint density at radius 2 is 2.31 bits per heavy atom. The molecule has 0 aliphatic heterocycles. The predicted octanol–water partition coefficient (Wildman–Crippen LogP) is 3.50. The Balaban J connectivity index is 1.85. The van der Waals surface area contributed by atoms with Crippen LogP contribution in [-0.2, 0) is 12.3 Å². The first-order valence-electron chi connectivity index (χ1n) is 5.04. The second-order valence-corrected chi connectivity index (χ2v) is 4.61. The number of hydrogen-bond acceptors (Lipinski definition) is 3. The van der Waals surface area contributed by atoms with Crippen molar-refractivity contribution in [1.82, 2.24) is 4.98 Å². The van der Waals surface area contributed by atoms with E-state index in [1.807, 2.05) is 18.2 Å². The van der Waals surface area contributed by atoms with Gasteiger partial charge < -0.3 is 4.74 Å². The van der Waals surface area contributed by atoms with Crippen LogP contribution in [0.2, 0.25) is 0 Å². The highest BCUT2D eigenvalue weighted by Crippen LogP contribution is 2.13. The number of aromatic nitrogens is 1. The molecule has 0 aliphatic carbocycles. The number of hydrogen-bond donors (Lipinski definition) is 0. The van der Waals surface area contributed by atoms with Gasteiger partial charge in [0.2, 0.25) is 5.88 Å². The van der Waals surface area contributed by atoms with E-state index < -0.39 is 0 Å². The molecule has 2 rings (SSSR count). The van der Waals surface area contributed by atoms with E-state index in [0.29, 0.717) is 18.4 Å². The molecule has 16 heavy (non-hydrogen) atoms. The van der Waals surface area contributed by atoms with Crippen molar-refractivity contribution in [3.05, 3.63) is 46.3 Å². The molecule has 0 amide bonds. The van der Waals surface area contributed by atoms with Crippen LogP contribution in [0.25, 0.3) is 0 Å². The number of thiophene rings is 1. The summed E-state index contributed by atoms with van der Waals surface area (Å²) in [5, 5.41) is 2.07. The Morgan fingerprint density at radius 1 is 1.38 bits per heavy atom. The third kappa shape index (κ3) is 3.22. The monoisotopic (exact) mass is 253 g/mol. The molecular formula is C12H12ClNOS. The third-order valence-corrected chi connectivity index (χ3v) is 3.38. The third-order valence-electron chi connectivity index (χ3n) is 2.13. The van der Waals surface area contributed by atoms with Gasteiger partial charge in [0.1, 0.15) is 0 Å². The molecule has 0 unspecified atom stereocenters. The van der Waals surface area contributed by atoms with Crippen LogP contribution < -0.4 is 4.74 Å². The van der Waals surface area contributed by atoms with E-state index in [1.54, 1.807) is 17.5 Å². The van der Waals surface area contributed by atoms with E-state index in [0.717, 1.165) is 12.0 Å². The molecule has 2 aromatic heterocycles. The molecule has 0 radical (unpaired) electrons. The second kappa shape index (κ2) is 5.87. The lowest BCUT2D eigenvalue weighted by atomic mass is 10.3. The van der Waals surface area contributed by atoms with Gasteiger partial charge >= 0.3 is 0 Å². The highest BCUT2D eigenvalue weighted by molar-refractivity contribution is 7.09. The molecule has 0 fully saturated rings. The summed E-state index contributed by atoms with van der Waals surface area (Å²) in [5.41, 5.74) is 1.03. The molecule has 4 heteroatoms. The van der Waals surface area contributed by atoms with Crippen molar-refractivity contribution in [1.29, 1.82) is 0 Å². The molecule has 2 nitrogen and oxygen atoms in total. The standard InChI is InChI=1S/C12H12ClNOS/c13-9-10-3-5-14-12(8-10)15-6-4-11-2-1-7-16-11/h1-3,5,7-8H,4,6,9H2. The van der Waals surface area contributed by atoms with Crippen LogP contribution in [0.3, 0.4) is 0 Å². The molecule has 0 spiro atoms. The first kappa shape index (κ1) is 11.4. The zero-order chi connectivity index (χ0) is 11.2. The Bertz CT molecular complexity index is 430. The number of nitrogens with zero attached hydrogens (tertiary/aromatic N) is 1. The van der Waals surface area contributed by atoms with Gasteiger partial charge in [0, 0.05) is 29.4 Å². The first-order valence-corrected chi connectivity index (χ1v) is 6.46. The zero-order valence-corrected chi connectivity index (χ0v) is 10.3. The average Bonchev–Trinajstić information content (AvgIpc) is 2.82. The predicted molar refractivity (Wildman–Crippen MR) is 67.3 cm³/mol. The quantitative estimate of drug-likeness (QED) is 0.761. The number of ether oxygens (including phenoxy) is 1. The molecular weight excluding hydrogens is 242 g/mol. The van der Waals surface area contributed by atoms with Crippen molar-refractivity contribution in [2.75, 3.05) is 6.61 Å². The molecule has 2 heterocycles. The smallest absolute Gasteiger partial charge is 0.213 e. The molecule has 0 saturated carbocycles. The van der Waals surface area contributed by atoms with Gasteiger partial charge in [0.25, 0.3) is 0 Å². The Morgan fingerprint density at radius 3 is 3.06 bits per heavy atom. The van der Waals surface area contributed by atoms with E-state index in [9.17, 15) is 0 Å². The summed E-state index contributed by atoms with van der Waals surface area (Å²) in [6.45, 7) is 0.652. The molecule has 84 valence electrons. The van der Waals surface area contributed by atoms with Gasteiger partial charge in [-0.2, -0.15) is 0 Å². The molecule has 0 bridgehead atoms. The molecule has 2 aromatic rings. The normalized spacial score (nSPS) is 10.3. The lowest BCUT2D eigenvalue weighted by molar-refractivity contribution is 0.310. The number of halogens is 1. The van der Waals surface area contributed by atoms with Crippen LogP contribution in [0, 0.1) is 0 Å². The Kier molecular flexibility index (Phi) is 4.19. The van der Waals surface area contributed by atoms with Crippen LogP contribution in [0.5, 0.6) is 5.88 Å². The fourth-order valence-electron chi connectivity index (χ4n) is 1.32. The Hall–Kier alpha value is -1.06. The highest BCUT2D eigenvalue weighted by Gasteiger charge is 1.98. The maximum absolute atomic E-state index is 5.73. The SMILES string of the molecule is ClCc1ccnc(OCCc2cccs2)c1. The van der Waals surface area contributed by atoms with Crippen LogP contribution >= 0.6 is 22.9 Å². The maximum atomic E-state index is 5.73. The van der Waals surface area contributed by atoms with Gasteiger partial charge in [-0.1, -0.05) is 6.07 Å². The van der Waals surface area contributed by atoms with E-state index >= 15 is 0 Å². The van der Waals surface area contributed by atoms with Gasteiger partial charge in [-0.05, 0) is 23.1 Å². The minimum absolute atomic E-state index is 0.490. The van der Waals surface area contributed by atoms with Crippen molar-refractivity contribution >= 4 is 22.9 Å². The lowest BCUT2D eigenvalue weighted by Gasteiger charge is -2.04. The Labute approximate surface area is 104 Å². The van der Waals surface area contributed by atoms with Crippen molar-refractivity contribution in [3.8, 4) is 5.88 Å². The van der Waals surface area contributed by atoms with Gasteiger partial charge in [0.15, 0.2) is 0 Å². The minimum atomic E-state index is 0.490. The second-order valence-electron chi connectivity index (χ2n) is 3.31. The minimum Gasteiger partial charge on any atom is -0.477 e. The number of rotatable bonds is 5. The number of alkyl halides is 1. The molecule has 0 saturated heterocycles. The van der Waals surface area contributed by atoms with Crippen molar-refractivity contribution in [3.63, 3.8) is 0 Å². The van der Waals surface area contributed by atoms with E-state index in [-0.39, 0.29) is 0 Å². The summed E-state index contributed by atoms with van der Waals surface area (Å²) >= 11 is 7.48. The van der Waals surface area contributed by atoms with Crippen LogP contribution in [0.4, 0.5) is 0 Å². The maximum Gasteiger partial charge on any atom is 0.213 e. The molecule has 0 aliphatic rings. The molecule has 0 N–H and O–H groups in total. The molecule has 0 atom stereocenters. The first-order chi connectivity index (χ1) is 7.88.